The van der Waals surface area contributed by atoms with Crippen molar-refractivity contribution in [2.75, 3.05) is 0 Å². The van der Waals surface area contributed by atoms with Gasteiger partial charge in [0, 0.05) is 11.1 Å². The minimum Gasteiger partial charge on any atom is -0.433 e. The monoisotopic (exact) mass is 237 g/mol. The predicted octanol–water partition coefficient (Wildman–Crippen LogP) is 1.16. The highest BCUT2D eigenvalue weighted by atomic mass is 16.5. The average Bonchev–Trinajstić information content (AvgIpc) is 2.44. The number of carbonyl (C=O) groups is 3. The lowest BCUT2D eigenvalue weighted by Crippen LogP contribution is -2.54. The Hall–Kier alpha value is -1.91. The SMILES string of the molecule is C=COC(=O)C(C)(C)N1C(=O)C(C)=C(C)C1=O. The predicted molar refractivity (Wildman–Crippen MR) is 60.6 cm³/mol. The van der Waals surface area contributed by atoms with Gasteiger partial charge in [-0.25, -0.2) is 4.79 Å². The van der Waals surface area contributed by atoms with Gasteiger partial charge in [-0.2, -0.15) is 0 Å². The van der Waals surface area contributed by atoms with Crippen molar-refractivity contribution in [2.45, 2.75) is 33.2 Å². The van der Waals surface area contributed by atoms with E-state index in [-0.39, 0.29) is 0 Å². The molecule has 0 unspecified atom stereocenters. The second-order valence-corrected chi connectivity index (χ2v) is 4.33. The molecule has 92 valence electrons. The minimum atomic E-state index is -1.35. The summed E-state index contributed by atoms with van der Waals surface area (Å²) < 4.78 is 4.65. The standard InChI is InChI=1S/C12H15NO4/c1-6-17-11(16)12(4,5)13-9(14)7(2)8(3)10(13)15/h6H,1H2,2-5H3. The Labute approximate surface area is 99.7 Å². The zero-order valence-corrected chi connectivity index (χ0v) is 10.4. The summed E-state index contributed by atoms with van der Waals surface area (Å²) in [4.78, 5) is 36.4. The largest absolute Gasteiger partial charge is 0.433 e. The Kier molecular flexibility index (Phi) is 3.22. The number of nitrogens with zero attached hydrogens (tertiary/aromatic N) is 1. The summed E-state index contributed by atoms with van der Waals surface area (Å²) in [7, 11) is 0. The number of ether oxygens (including phenoxy) is 1. The Morgan fingerprint density at radius 2 is 1.65 bits per heavy atom. The van der Waals surface area contributed by atoms with Gasteiger partial charge in [0.05, 0.1) is 6.26 Å². The molecular formula is C12H15NO4. The highest BCUT2D eigenvalue weighted by Gasteiger charge is 2.47. The third-order valence-corrected chi connectivity index (χ3v) is 2.86. The molecule has 0 fully saturated rings. The number of hydrogen-bond acceptors (Lipinski definition) is 4. The number of esters is 1. The maximum absolute atomic E-state index is 11.9. The summed E-state index contributed by atoms with van der Waals surface area (Å²) in [6, 6.07) is 0. The Morgan fingerprint density at radius 3 is 2.00 bits per heavy atom. The van der Waals surface area contributed by atoms with E-state index >= 15 is 0 Å². The number of imide groups is 1. The fourth-order valence-corrected chi connectivity index (χ4v) is 1.57. The van der Waals surface area contributed by atoms with Crippen LogP contribution in [0.4, 0.5) is 0 Å². The first kappa shape index (κ1) is 13.2. The molecule has 0 N–H and O–H groups in total. The van der Waals surface area contributed by atoms with Crippen molar-refractivity contribution in [2.24, 2.45) is 0 Å². The van der Waals surface area contributed by atoms with E-state index in [1.54, 1.807) is 13.8 Å². The van der Waals surface area contributed by atoms with Gasteiger partial charge in [-0.1, -0.05) is 6.58 Å². The molecule has 1 aliphatic heterocycles. The van der Waals surface area contributed by atoms with Gasteiger partial charge in [0.2, 0.25) is 0 Å². The summed E-state index contributed by atoms with van der Waals surface area (Å²) in [5.41, 5.74) is -0.634. The van der Waals surface area contributed by atoms with Crippen LogP contribution in [-0.2, 0) is 19.1 Å². The van der Waals surface area contributed by atoms with Crippen molar-refractivity contribution in [3.8, 4) is 0 Å². The highest BCUT2D eigenvalue weighted by Crippen LogP contribution is 2.28. The van der Waals surface area contributed by atoms with Crippen LogP contribution < -0.4 is 0 Å². The molecule has 1 rings (SSSR count). The second-order valence-electron chi connectivity index (χ2n) is 4.33. The quantitative estimate of drug-likeness (QED) is 0.419. The minimum absolute atomic E-state index is 0.356. The normalized spacial score (nSPS) is 16.6. The van der Waals surface area contributed by atoms with Gasteiger partial charge in [-0.15, -0.1) is 0 Å². The van der Waals surface area contributed by atoms with E-state index in [0.717, 1.165) is 11.2 Å². The molecule has 0 saturated carbocycles. The molecule has 1 heterocycles. The van der Waals surface area contributed by atoms with Crippen LogP contribution in [-0.4, -0.2) is 28.2 Å². The van der Waals surface area contributed by atoms with Crippen molar-refractivity contribution in [3.05, 3.63) is 24.0 Å². The third-order valence-electron chi connectivity index (χ3n) is 2.86. The fraction of sp³-hybridized carbons (Fsp3) is 0.417. The highest BCUT2D eigenvalue weighted by molar-refractivity contribution is 6.20. The van der Waals surface area contributed by atoms with E-state index in [1.807, 2.05) is 0 Å². The molecule has 0 bridgehead atoms. The van der Waals surface area contributed by atoms with Gasteiger partial charge in [-0.3, -0.25) is 14.5 Å². The molecule has 0 aromatic rings. The Balaban J connectivity index is 3.11. The van der Waals surface area contributed by atoms with E-state index in [0.29, 0.717) is 11.1 Å². The molecule has 0 spiro atoms. The van der Waals surface area contributed by atoms with Gasteiger partial charge in [0.25, 0.3) is 11.8 Å². The van der Waals surface area contributed by atoms with E-state index < -0.39 is 23.3 Å². The zero-order valence-electron chi connectivity index (χ0n) is 10.4. The first-order valence-corrected chi connectivity index (χ1v) is 5.13. The molecule has 5 heteroatoms. The molecule has 0 aromatic carbocycles. The van der Waals surface area contributed by atoms with Crippen LogP contribution >= 0.6 is 0 Å². The lowest BCUT2D eigenvalue weighted by atomic mass is 10.0. The average molecular weight is 237 g/mol. The van der Waals surface area contributed by atoms with Crippen LogP contribution in [0.1, 0.15) is 27.7 Å². The van der Waals surface area contributed by atoms with Crippen LogP contribution in [0.5, 0.6) is 0 Å². The molecular weight excluding hydrogens is 222 g/mol. The summed E-state index contributed by atoms with van der Waals surface area (Å²) in [6.45, 7) is 9.30. The first-order valence-electron chi connectivity index (χ1n) is 5.13. The molecule has 0 aromatic heterocycles. The van der Waals surface area contributed by atoms with Gasteiger partial charge < -0.3 is 4.74 Å². The molecule has 1 aliphatic rings. The van der Waals surface area contributed by atoms with Crippen molar-refractivity contribution in [1.82, 2.24) is 4.90 Å². The topological polar surface area (TPSA) is 63.7 Å². The van der Waals surface area contributed by atoms with E-state index in [9.17, 15) is 14.4 Å². The van der Waals surface area contributed by atoms with Crippen LogP contribution in [0.3, 0.4) is 0 Å². The van der Waals surface area contributed by atoms with Crippen molar-refractivity contribution in [1.29, 1.82) is 0 Å². The fourth-order valence-electron chi connectivity index (χ4n) is 1.57. The van der Waals surface area contributed by atoms with Crippen LogP contribution in [0.2, 0.25) is 0 Å². The maximum Gasteiger partial charge on any atom is 0.336 e. The number of rotatable bonds is 3. The first-order chi connectivity index (χ1) is 7.75. The van der Waals surface area contributed by atoms with E-state index in [2.05, 4.69) is 11.3 Å². The third kappa shape index (κ3) is 1.88. The van der Waals surface area contributed by atoms with Crippen molar-refractivity contribution in [3.63, 3.8) is 0 Å². The molecule has 0 aliphatic carbocycles. The second kappa shape index (κ2) is 4.16. The Bertz CT molecular complexity index is 421. The molecule has 2 amide bonds. The van der Waals surface area contributed by atoms with Crippen LogP contribution in [0.25, 0.3) is 0 Å². The lowest BCUT2D eigenvalue weighted by Gasteiger charge is -2.31. The van der Waals surface area contributed by atoms with E-state index in [1.165, 1.54) is 13.8 Å². The summed E-state index contributed by atoms with van der Waals surface area (Å²) in [6.07, 6.45) is 0.974. The molecule has 17 heavy (non-hydrogen) atoms. The van der Waals surface area contributed by atoms with Crippen molar-refractivity contribution < 1.29 is 19.1 Å². The van der Waals surface area contributed by atoms with Crippen LogP contribution in [0.15, 0.2) is 24.0 Å². The Morgan fingerprint density at radius 1 is 1.24 bits per heavy atom. The summed E-state index contributed by atoms with van der Waals surface area (Å²) in [5.74, 6) is -1.62. The summed E-state index contributed by atoms with van der Waals surface area (Å²) >= 11 is 0. The smallest absolute Gasteiger partial charge is 0.336 e. The van der Waals surface area contributed by atoms with Gasteiger partial charge in [-0.05, 0) is 27.7 Å². The lowest BCUT2D eigenvalue weighted by molar-refractivity contribution is -0.160. The molecule has 0 atom stereocenters. The van der Waals surface area contributed by atoms with E-state index in [4.69, 9.17) is 0 Å². The van der Waals surface area contributed by atoms with Gasteiger partial charge in [0.15, 0.2) is 0 Å². The van der Waals surface area contributed by atoms with Crippen molar-refractivity contribution >= 4 is 17.8 Å². The molecule has 0 saturated heterocycles. The van der Waals surface area contributed by atoms with Gasteiger partial charge in [0.1, 0.15) is 5.54 Å². The number of carbonyl (C=O) groups excluding carboxylic acids is 3. The zero-order chi connectivity index (χ0) is 13.4. The molecule has 5 nitrogen and oxygen atoms in total. The maximum atomic E-state index is 11.9. The van der Waals surface area contributed by atoms with Gasteiger partial charge >= 0.3 is 5.97 Å². The molecule has 0 radical (unpaired) electrons. The van der Waals surface area contributed by atoms with Crippen LogP contribution in [0, 0.1) is 0 Å². The summed E-state index contributed by atoms with van der Waals surface area (Å²) in [5, 5.41) is 0. The number of hydrogen-bond donors (Lipinski definition) is 0. The number of amides is 2.